The van der Waals surface area contributed by atoms with Gasteiger partial charge in [-0.3, -0.25) is 24.4 Å². The molecule has 2 aromatic rings. The molecule has 1 aliphatic heterocycles. The minimum atomic E-state index is -3.84. The topological polar surface area (TPSA) is 160 Å². The van der Waals surface area contributed by atoms with Crippen LogP contribution >= 0.6 is 0 Å². The Morgan fingerprint density at radius 2 is 1.70 bits per heavy atom. The van der Waals surface area contributed by atoms with Crippen molar-refractivity contribution in [3.63, 3.8) is 0 Å². The van der Waals surface area contributed by atoms with Crippen molar-refractivity contribution in [2.75, 3.05) is 18.9 Å². The van der Waals surface area contributed by atoms with Crippen molar-refractivity contribution < 1.29 is 37.1 Å². The predicted molar refractivity (Wildman–Crippen MR) is 173 cm³/mol. The molecule has 3 fully saturated rings. The molecule has 0 unspecified atom stereocenters. The van der Waals surface area contributed by atoms with E-state index >= 15 is 0 Å². The van der Waals surface area contributed by atoms with Crippen molar-refractivity contribution >= 4 is 39.5 Å². The van der Waals surface area contributed by atoms with Gasteiger partial charge in [-0.2, -0.15) is 0 Å². The summed E-state index contributed by atoms with van der Waals surface area (Å²) in [6.07, 6.45) is 5.98. The number of rotatable bonds is 7. The molecule has 4 aliphatic rings. The number of sulfonamides is 1. The van der Waals surface area contributed by atoms with Crippen LogP contribution < -0.4 is 20.1 Å². The van der Waals surface area contributed by atoms with Gasteiger partial charge < -0.3 is 19.7 Å². The fourth-order valence-corrected chi connectivity index (χ4v) is 7.82. The summed E-state index contributed by atoms with van der Waals surface area (Å²) in [5.41, 5.74) is -1.05. The first-order valence-electron chi connectivity index (χ1n) is 16.1. The van der Waals surface area contributed by atoms with Crippen molar-refractivity contribution in [2.24, 2.45) is 17.8 Å². The van der Waals surface area contributed by atoms with Crippen LogP contribution in [0.25, 0.3) is 0 Å². The summed E-state index contributed by atoms with van der Waals surface area (Å²) in [6, 6.07) is 16.0. The largest absolute Gasteiger partial charge is 0.455 e. The molecule has 47 heavy (non-hydrogen) atoms. The molecule has 1 heterocycles. The van der Waals surface area contributed by atoms with Crippen LogP contribution in [0.4, 0.5) is 10.5 Å². The van der Waals surface area contributed by atoms with Crippen LogP contribution in [0.2, 0.25) is 0 Å². The number of nitrogens with one attached hydrogen (secondary N) is 3. The molecule has 0 radical (unpaired) electrons. The lowest BCUT2D eigenvalue weighted by Crippen LogP contribution is -2.54. The van der Waals surface area contributed by atoms with E-state index in [9.17, 15) is 27.6 Å². The van der Waals surface area contributed by atoms with Crippen molar-refractivity contribution in [3.8, 4) is 11.5 Å². The smallest absolute Gasteiger partial charge is 0.412 e. The molecule has 3 N–H and O–H groups in total. The van der Waals surface area contributed by atoms with E-state index in [0.717, 1.165) is 19.3 Å². The molecule has 0 aromatic heterocycles. The first kappa shape index (κ1) is 32.5. The lowest BCUT2D eigenvalue weighted by atomic mass is 9.93. The summed E-state index contributed by atoms with van der Waals surface area (Å²) in [4.78, 5) is 55.7. The highest BCUT2D eigenvalue weighted by Crippen LogP contribution is 2.47. The van der Waals surface area contributed by atoms with Crippen LogP contribution in [0.5, 0.6) is 11.5 Å². The van der Waals surface area contributed by atoms with Crippen LogP contribution in [0.1, 0.15) is 51.4 Å². The van der Waals surface area contributed by atoms with Gasteiger partial charge in [0, 0.05) is 19.5 Å². The van der Waals surface area contributed by atoms with Crippen molar-refractivity contribution in [3.05, 3.63) is 66.7 Å². The Balaban J connectivity index is 1.18. The Kier molecular flexibility index (Phi) is 9.27. The van der Waals surface area contributed by atoms with E-state index in [4.69, 9.17) is 9.47 Å². The van der Waals surface area contributed by atoms with Gasteiger partial charge in [0.15, 0.2) is 5.75 Å². The van der Waals surface area contributed by atoms with Gasteiger partial charge in [-0.15, -0.1) is 0 Å². The maximum atomic E-state index is 13.9. The molecule has 250 valence electrons. The SMILES string of the molecule is CN1CCCCC=C[C@@H]2C[C@@]2(C(=O)NS(=O)(=O)C2CC2)NC(=O)[C@@H]2C[C@@H](OC(=O)Nc3ccccc3Oc3ccccc3)C[C@H]2C1=O. The second-order valence-electron chi connectivity index (χ2n) is 12.9. The molecule has 0 spiro atoms. The van der Waals surface area contributed by atoms with E-state index in [1.165, 1.54) is 0 Å². The zero-order valence-corrected chi connectivity index (χ0v) is 27.0. The number of hydrogen-bond donors (Lipinski definition) is 3. The van der Waals surface area contributed by atoms with Gasteiger partial charge in [-0.05, 0) is 75.6 Å². The fourth-order valence-electron chi connectivity index (χ4n) is 6.46. The number of hydrogen-bond acceptors (Lipinski definition) is 8. The monoisotopic (exact) mass is 664 g/mol. The zero-order valence-electron chi connectivity index (χ0n) is 26.2. The molecule has 13 heteroatoms. The van der Waals surface area contributed by atoms with Gasteiger partial charge in [0.1, 0.15) is 17.4 Å². The highest BCUT2D eigenvalue weighted by molar-refractivity contribution is 7.91. The fraction of sp³-hybridized carbons (Fsp3) is 0.471. The number of benzene rings is 2. The van der Waals surface area contributed by atoms with Crippen LogP contribution in [0.3, 0.4) is 0 Å². The highest BCUT2D eigenvalue weighted by Gasteiger charge is 2.62. The zero-order chi connectivity index (χ0) is 33.2. The average molecular weight is 665 g/mol. The first-order chi connectivity index (χ1) is 22.6. The normalized spacial score (nSPS) is 27.8. The van der Waals surface area contributed by atoms with Crippen LogP contribution in [-0.2, 0) is 29.1 Å². The Morgan fingerprint density at radius 1 is 0.979 bits per heavy atom. The van der Waals surface area contributed by atoms with Crippen molar-refractivity contribution in [1.82, 2.24) is 14.9 Å². The standard InChI is InChI=1S/C34H40N4O8S/c1-38-18-10-3-2-5-11-22-21-34(22,32(41)37-47(43,44)25-16-17-25)36-30(39)26-19-24(20-27(26)31(38)40)46-33(42)35-28-14-8-9-15-29(28)45-23-12-6-4-7-13-23/h4-9,11-15,22,24-27H,2-3,10,16-21H2,1H3,(H,35,42)(H,36,39)(H,37,41)/t22-,24-,26-,27-,34-/m1/s1. The number of amides is 4. The summed E-state index contributed by atoms with van der Waals surface area (Å²) in [5.74, 6) is -2.62. The van der Waals surface area contributed by atoms with Gasteiger partial charge in [-0.25, -0.2) is 13.2 Å². The Bertz CT molecular complexity index is 1660. The van der Waals surface area contributed by atoms with Gasteiger partial charge in [0.2, 0.25) is 21.8 Å². The summed E-state index contributed by atoms with van der Waals surface area (Å²) in [6.45, 7) is 0.510. The molecule has 3 saturated carbocycles. The van der Waals surface area contributed by atoms with E-state index in [2.05, 4.69) is 15.4 Å². The van der Waals surface area contributed by atoms with Gasteiger partial charge in [0.05, 0.1) is 22.8 Å². The molecule has 6 rings (SSSR count). The summed E-state index contributed by atoms with van der Waals surface area (Å²) < 4.78 is 39.1. The molecule has 5 atom stereocenters. The Hall–Kier alpha value is -4.39. The third-order valence-corrected chi connectivity index (χ3v) is 11.2. The van der Waals surface area contributed by atoms with E-state index in [0.29, 0.717) is 36.6 Å². The lowest BCUT2D eigenvalue weighted by molar-refractivity contribution is -0.140. The average Bonchev–Trinajstić information content (AvgIpc) is 3.97. The van der Waals surface area contributed by atoms with Crippen molar-refractivity contribution in [1.29, 1.82) is 0 Å². The van der Waals surface area contributed by atoms with Gasteiger partial charge in [-0.1, -0.05) is 42.5 Å². The van der Waals surface area contributed by atoms with E-state index in [1.807, 2.05) is 30.4 Å². The summed E-state index contributed by atoms with van der Waals surface area (Å²) in [7, 11) is -2.14. The molecule has 3 aliphatic carbocycles. The molecule has 0 saturated heterocycles. The number of fused-ring (bicyclic) bond motifs is 2. The third kappa shape index (κ3) is 7.45. The van der Waals surface area contributed by atoms with E-state index in [1.54, 1.807) is 48.3 Å². The third-order valence-electron chi connectivity index (χ3n) is 9.37. The molecule has 0 bridgehead atoms. The highest BCUT2D eigenvalue weighted by atomic mass is 32.2. The number of carbonyl (C=O) groups excluding carboxylic acids is 4. The maximum Gasteiger partial charge on any atom is 0.412 e. The molecule has 12 nitrogen and oxygen atoms in total. The number of ether oxygens (including phenoxy) is 2. The minimum Gasteiger partial charge on any atom is -0.455 e. The van der Waals surface area contributed by atoms with Gasteiger partial charge >= 0.3 is 6.09 Å². The number of allylic oxidation sites excluding steroid dienone is 1. The Labute approximate surface area is 274 Å². The molecule has 4 amide bonds. The molecular weight excluding hydrogens is 624 g/mol. The van der Waals surface area contributed by atoms with Crippen LogP contribution in [0, 0.1) is 17.8 Å². The maximum absolute atomic E-state index is 13.9. The second kappa shape index (κ2) is 13.4. The quantitative estimate of drug-likeness (QED) is 0.373. The predicted octanol–water partition coefficient (Wildman–Crippen LogP) is 4.10. The number of para-hydroxylation sites is 3. The lowest BCUT2D eigenvalue weighted by Gasteiger charge is -2.26. The summed E-state index contributed by atoms with van der Waals surface area (Å²) in [5, 5.41) is 4.96. The second-order valence-corrected chi connectivity index (χ2v) is 14.8. The first-order valence-corrected chi connectivity index (χ1v) is 17.7. The number of carbonyl (C=O) groups is 4. The van der Waals surface area contributed by atoms with Crippen LogP contribution in [-0.4, -0.2) is 67.6 Å². The Morgan fingerprint density at radius 3 is 2.47 bits per heavy atom. The number of nitrogens with zero attached hydrogens (tertiary/aromatic N) is 1. The van der Waals surface area contributed by atoms with Crippen LogP contribution in [0.15, 0.2) is 66.7 Å². The molecular formula is C34H40N4O8S. The number of anilines is 1. The van der Waals surface area contributed by atoms with Gasteiger partial charge in [0.25, 0.3) is 5.91 Å². The minimum absolute atomic E-state index is 0.0598. The van der Waals surface area contributed by atoms with E-state index in [-0.39, 0.29) is 31.1 Å². The van der Waals surface area contributed by atoms with E-state index < -0.39 is 56.7 Å². The van der Waals surface area contributed by atoms with Crippen molar-refractivity contribution in [2.45, 2.75) is 68.3 Å². The summed E-state index contributed by atoms with van der Waals surface area (Å²) >= 11 is 0. The molecule has 2 aromatic carbocycles.